The highest BCUT2D eigenvalue weighted by Gasteiger charge is 2.64. The second-order valence-corrected chi connectivity index (χ2v) is 13.9. The molecule has 1 unspecified atom stereocenters. The molecule has 13 heteroatoms. The van der Waals surface area contributed by atoms with Crippen LogP contribution in [0, 0.1) is 17.8 Å². The zero-order valence-electron chi connectivity index (χ0n) is 27.7. The number of nitrogens with two attached hydrogens (primary N) is 1. The minimum absolute atomic E-state index is 0.143. The lowest BCUT2D eigenvalue weighted by molar-refractivity contribution is -0.154. The fraction of sp³-hybridized carbons (Fsp3) is 0.472. The first-order valence-corrected chi connectivity index (χ1v) is 16.3. The number of nitrogens with zero attached hydrogens (tertiary/aromatic N) is 2. The first-order chi connectivity index (χ1) is 23.0. The molecule has 0 bridgehead atoms. The Morgan fingerprint density at radius 1 is 1.12 bits per heavy atom. The van der Waals surface area contributed by atoms with Crippen molar-refractivity contribution in [3.05, 3.63) is 86.9 Å². The van der Waals surface area contributed by atoms with Gasteiger partial charge in [0.2, 0.25) is 5.78 Å². The number of rotatable bonds is 9. The molecule has 4 aliphatic carbocycles. The van der Waals surface area contributed by atoms with Crippen LogP contribution >= 0.6 is 0 Å². The van der Waals surface area contributed by atoms with Crippen LogP contribution in [0.1, 0.15) is 64.8 Å². The number of methoxy groups -OCH3 is 1. The molecule has 1 amide bonds. The van der Waals surface area contributed by atoms with Crippen LogP contribution in [0.15, 0.2) is 59.1 Å². The molecule has 2 aromatic rings. The van der Waals surface area contributed by atoms with Gasteiger partial charge in [-0.3, -0.25) is 24.2 Å². The molecule has 49 heavy (non-hydrogen) atoms. The number of hydrogen-bond acceptors (Lipinski definition) is 9. The maximum atomic E-state index is 15.2. The van der Waals surface area contributed by atoms with E-state index in [1.165, 1.54) is 4.90 Å². The number of fused-ring (bicyclic) bond motifs is 3. The zero-order chi connectivity index (χ0) is 35.7. The molecule has 0 saturated heterocycles. The van der Waals surface area contributed by atoms with Gasteiger partial charge in [-0.15, -0.1) is 0 Å². The van der Waals surface area contributed by atoms with Crippen LogP contribution in [0.5, 0.6) is 5.75 Å². The van der Waals surface area contributed by atoms with Crippen LogP contribution in [-0.4, -0.2) is 82.0 Å². The van der Waals surface area contributed by atoms with Crippen molar-refractivity contribution in [3.8, 4) is 5.75 Å². The number of primary amides is 1. The molecule has 1 fully saturated rings. The third-order valence-electron chi connectivity index (χ3n) is 10.8. The smallest absolute Gasteiger partial charge is 0.417 e. The average Bonchev–Trinajstić information content (AvgIpc) is 3.84. The maximum Gasteiger partial charge on any atom is 0.417 e. The van der Waals surface area contributed by atoms with E-state index in [2.05, 4.69) is 0 Å². The first kappa shape index (κ1) is 34.7. The lowest BCUT2D eigenvalue weighted by atomic mass is 9.58. The van der Waals surface area contributed by atoms with Gasteiger partial charge in [0, 0.05) is 37.7 Å². The number of aliphatic hydroxyl groups is 2. The van der Waals surface area contributed by atoms with Gasteiger partial charge in [0.1, 0.15) is 22.8 Å². The van der Waals surface area contributed by atoms with Crippen molar-refractivity contribution < 1.29 is 47.6 Å². The second kappa shape index (κ2) is 12.3. The molecule has 0 heterocycles. The predicted molar refractivity (Wildman–Crippen MR) is 171 cm³/mol. The van der Waals surface area contributed by atoms with Crippen molar-refractivity contribution in [1.82, 2.24) is 9.80 Å². The molecule has 6 rings (SSSR count). The summed E-state index contributed by atoms with van der Waals surface area (Å²) in [6.45, 7) is 2.34. The van der Waals surface area contributed by atoms with Gasteiger partial charge in [-0.1, -0.05) is 30.3 Å². The number of ether oxygens (including phenoxy) is 1. The number of alkyl halides is 3. The number of likely N-dealkylation sites (N-methyl/N-ethyl adjacent to an activating group) is 1. The summed E-state index contributed by atoms with van der Waals surface area (Å²) in [6, 6.07) is 9.04. The minimum Gasteiger partial charge on any atom is -0.510 e. The quantitative estimate of drug-likeness (QED) is 0.274. The first-order valence-electron chi connectivity index (χ1n) is 16.3. The highest BCUT2D eigenvalue weighted by atomic mass is 19.4. The minimum atomic E-state index is -4.91. The number of halogens is 3. The number of Topliss-reactive ketones (excluding diaryl/α,β-unsaturated/α-hetero) is 2. The molecule has 4 aliphatic rings. The monoisotopic (exact) mass is 683 g/mol. The number of hydrogen-bond donors (Lipinski definition) is 4. The summed E-state index contributed by atoms with van der Waals surface area (Å²) in [5, 5.41) is 34.2. The highest BCUT2D eigenvalue weighted by Crippen LogP contribution is 2.55. The lowest BCUT2D eigenvalue weighted by Crippen LogP contribution is -2.64. The molecule has 262 valence electrons. The third-order valence-corrected chi connectivity index (χ3v) is 10.8. The molecule has 0 radical (unpaired) electrons. The van der Waals surface area contributed by atoms with E-state index >= 15 is 13.2 Å². The van der Waals surface area contributed by atoms with E-state index in [-0.39, 0.29) is 35.7 Å². The molecule has 0 aromatic heterocycles. The van der Waals surface area contributed by atoms with Gasteiger partial charge < -0.3 is 25.8 Å². The largest absolute Gasteiger partial charge is 0.510 e. The Kier molecular flexibility index (Phi) is 8.69. The SMILES string of the molecule is CO[C@@]12C(=O)C(C(N)=O)=C(O)[C@@H](N(C)C)[C@@H]1C[C@@H]1Cc3c(c(O)cc(CN(CC4CC4)C(C)c4ccccc4)c3C(F)(F)F)C(=O)C1=C2O. The number of carbonyl (C=O) groups excluding carboxylic acids is 3. The summed E-state index contributed by atoms with van der Waals surface area (Å²) in [5.41, 5.74) is 0.668. The number of aliphatic hydroxyl groups excluding tert-OH is 2. The average molecular weight is 684 g/mol. The predicted octanol–water partition coefficient (Wildman–Crippen LogP) is 4.77. The number of aromatic hydroxyl groups is 1. The van der Waals surface area contributed by atoms with E-state index in [0.717, 1.165) is 31.6 Å². The maximum absolute atomic E-state index is 15.2. The zero-order valence-corrected chi connectivity index (χ0v) is 27.7. The van der Waals surface area contributed by atoms with Crippen molar-refractivity contribution in [1.29, 1.82) is 0 Å². The van der Waals surface area contributed by atoms with Gasteiger partial charge in [-0.2, -0.15) is 13.2 Å². The van der Waals surface area contributed by atoms with Crippen LogP contribution in [0.3, 0.4) is 0 Å². The van der Waals surface area contributed by atoms with E-state index in [0.29, 0.717) is 12.5 Å². The summed E-state index contributed by atoms with van der Waals surface area (Å²) in [4.78, 5) is 43.8. The van der Waals surface area contributed by atoms with Crippen molar-refractivity contribution in [2.45, 2.75) is 63.0 Å². The van der Waals surface area contributed by atoms with Crippen LogP contribution in [0.2, 0.25) is 0 Å². The van der Waals surface area contributed by atoms with Gasteiger partial charge in [0.15, 0.2) is 11.4 Å². The Bertz CT molecular complexity index is 1780. The fourth-order valence-corrected chi connectivity index (χ4v) is 8.34. The number of phenolic OH excluding ortho intramolecular Hbond substituents is 1. The molecule has 0 aliphatic heterocycles. The lowest BCUT2D eigenvalue weighted by Gasteiger charge is -2.51. The van der Waals surface area contributed by atoms with Crippen molar-refractivity contribution in [2.24, 2.45) is 23.5 Å². The van der Waals surface area contributed by atoms with E-state index in [1.54, 1.807) is 14.1 Å². The Morgan fingerprint density at radius 3 is 2.33 bits per heavy atom. The fourth-order valence-electron chi connectivity index (χ4n) is 8.34. The van der Waals surface area contributed by atoms with Crippen LogP contribution in [0.25, 0.3) is 0 Å². The summed E-state index contributed by atoms with van der Waals surface area (Å²) in [6.07, 6.45) is -3.54. The molecule has 0 spiro atoms. The van der Waals surface area contributed by atoms with Gasteiger partial charge in [-0.05, 0) is 81.3 Å². The van der Waals surface area contributed by atoms with E-state index in [9.17, 15) is 29.7 Å². The van der Waals surface area contributed by atoms with E-state index < -0.39 is 87.5 Å². The van der Waals surface area contributed by atoms with Gasteiger partial charge >= 0.3 is 6.18 Å². The Labute approximate surface area is 281 Å². The standard InChI is InChI=1S/C36H40F3N3O7/c1-17(19-8-6-5-7-9-19)42(15-18-10-11-18)16-21-14-24(43)26-22(28(21)36(37,38)39)12-20-13-23-29(41(2)3)31(45)27(34(40)48)33(47)35(23,49-4)32(46)25(20)30(26)44/h5-9,14,17-18,20,23,29,43,45-46H,10-13,15-16H2,1-4H3,(H2,40,48)/t17?,20-,23-,29-,35-/m0/s1. The summed E-state index contributed by atoms with van der Waals surface area (Å²) in [5.74, 6) is -7.55. The van der Waals surface area contributed by atoms with Crippen molar-refractivity contribution in [3.63, 3.8) is 0 Å². The van der Waals surface area contributed by atoms with Gasteiger partial charge in [0.25, 0.3) is 5.91 Å². The highest BCUT2D eigenvalue weighted by molar-refractivity contribution is 6.25. The number of carbonyl (C=O) groups is 3. The summed E-state index contributed by atoms with van der Waals surface area (Å²) >= 11 is 0. The number of amides is 1. The Balaban J connectivity index is 1.50. The molecule has 2 aromatic carbocycles. The summed E-state index contributed by atoms with van der Waals surface area (Å²) < 4.78 is 51.2. The topological polar surface area (TPSA) is 154 Å². The number of phenols is 1. The van der Waals surface area contributed by atoms with Crippen LogP contribution < -0.4 is 5.73 Å². The Hall–Kier alpha value is -4.20. The van der Waals surface area contributed by atoms with E-state index in [4.69, 9.17) is 10.5 Å². The van der Waals surface area contributed by atoms with E-state index in [1.807, 2.05) is 42.2 Å². The number of ketones is 2. The molecule has 10 nitrogen and oxygen atoms in total. The third kappa shape index (κ3) is 5.51. The Morgan fingerprint density at radius 2 is 1.78 bits per heavy atom. The van der Waals surface area contributed by atoms with Crippen molar-refractivity contribution >= 4 is 17.5 Å². The molecular formula is C36H40F3N3O7. The van der Waals surface area contributed by atoms with Crippen LogP contribution in [-0.2, 0) is 33.5 Å². The second-order valence-electron chi connectivity index (χ2n) is 13.9. The van der Waals surface area contributed by atoms with Gasteiger partial charge in [-0.25, -0.2) is 0 Å². The molecular weight excluding hydrogens is 643 g/mol. The number of benzene rings is 2. The van der Waals surface area contributed by atoms with Crippen LogP contribution in [0.4, 0.5) is 13.2 Å². The normalized spacial score (nSPS) is 26.2. The molecule has 1 saturated carbocycles. The van der Waals surface area contributed by atoms with Crippen molar-refractivity contribution in [2.75, 3.05) is 27.7 Å². The number of allylic oxidation sites excluding steroid dienone is 1. The van der Waals surface area contributed by atoms with Gasteiger partial charge in [0.05, 0.1) is 17.2 Å². The molecule has 5 N–H and O–H groups in total. The molecule has 5 atom stereocenters. The summed E-state index contributed by atoms with van der Waals surface area (Å²) in [7, 11) is 4.18.